The minimum absolute atomic E-state index is 0.376. The maximum atomic E-state index is 12.5. The van der Waals surface area contributed by atoms with E-state index in [9.17, 15) is 25.2 Å². The van der Waals surface area contributed by atoms with Gasteiger partial charge in [0.15, 0.2) is 0 Å². The summed E-state index contributed by atoms with van der Waals surface area (Å²) in [6, 6.07) is -0.978. The quantitative estimate of drug-likeness (QED) is 0.0409. The summed E-state index contributed by atoms with van der Waals surface area (Å²) >= 11 is 0. The average molecular weight is 698 g/mol. The van der Waals surface area contributed by atoms with Crippen molar-refractivity contribution in [1.82, 2.24) is 5.32 Å². The molecule has 0 aromatic rings. The molecule has 0 aliphatic carbocycles. The molecule has 0 saturated carbocycles. The third-order valence-corrected chi connectivity index (χ3v) is 10.6. The Labute approximate surface area is 305 Å². The fraction of sp³-hybridized carbons (Fsp3) is 0.977. The van der Waals surface area contributed by atoms with E-state index >= 15 is 0 Å². The van der Waals surface area contributed by atoms with Gasteiger partial charge in [-0.3, -0.25) is 4.79 Å². The molecule has 0 fully saturated rings. The van der Waals surface area contributed by atoms with E-state index in [1.165, 1.54) is 173 Å². The highest BCUT2D eigenvalue weighted by molar-refractivity contribution is 5.80. The van der Waals surface area contributed by atoms with Crippen LogP contribution in [0.15, 0.2) is 0 Å². The number of nitrogens with one attached hydrogen (secondary N) is 1. The van der Waals surface area contributed by atoms with Crippen molar-refractivity contribution in [2.75, 3.05) is 6.61 Å². The van der Waals surface area contributed by atoms with Gasteiger partial charge in [0.2, 0.25) is 5.91 Å². The van der Waals surface area contributed by atoms with Crippen molar-refractivity contribution in [1.29, 1.82) is 0 Å². The third kappa shape index (κ3) is 32.9. The van der Waals surface area contributed by atoms with Crippen LogP contribution in [0.2, 0.25) is 0 Å². The number of aliphatic hydroxyl groups is 4. The van der Waals surface area contributed by atoms with E-state index < -0.39 is 36.9 Å². The number of hydrogen-bond acceptors (Lipinski definition) is 5. The van der Waals surface area contributed by atoms with Crippen molar-refractivity contribution >= 4 is 5.91 Å². The van der Waals surface area contributed by atoms with Gasteiger partial charge in [-0.25, -0.2) is 0 Å². The summed E-state index contributed by atoms with van der Waals surface area (Å²) in [5, 5.41) is 43.6. The van der Waals surface area contributed by atoms with Crippen LogP contribution in [-0.2, 0) is 4.79 Å². The molecule has 4 atom stereocenters. The van der Waals surface area contributed by atoms with Gasteiger partial charge < -0.3 is 25.7 Å². The lowest BCUT2D eigenvalue weighted by Gasteiger charge is -2.27. The van der Waals surface area contributed by atoms with E-state index in [2.05, 4.69) is 19.2 Å². The summed E-state index contributed by atoms with van der Waals surface area (Å²) in [6.45, 7) is 4.05. The number of unbranched alkanes of at least 4 members (excludes halogenated alkanes) is 31. The molecule has 6 nitrogen and oxygen atoms in total. The van der Waals surface area contributed by atoms with Gasteiger partial charge in [0.05, 0.1) is 18.8 Å². The molecule has 2 unspecified atom stereocenters. The SMILES string of the molecule is CCCCCCCCCCCCCCCCCCCCCCCC(O)C(=O)N[C@H](CO)[C@H](O)C(O)CCCCCCCCCCCCCC. The smallest absolute Gasteiger partial charge is 0.249 e. The predicted molar refractivity (Wildman–Crippen MR) is 210 cm³/mol. The summed E-state index contributed by atoms with van der Waals surface area (Å²) in [5.74, 6) is -0.580. The maximum Gasteiger partial charge on any atom is 0.249 e. The van der Waals surface area contributed by atoms with Gasteiger partial charge in [-0.1, -0.05) is 226 Å². The highest BCUT2D eigenvalue weighted by atomic mass is 16.3. The third-order valence-electron chi connectivity index (χ3n) is 10.6. The summed E-state index contributed by atoms with van der Waals surface area (Å²) in [5.41, 5.74) is 0. The predicted octanol–water partition coefficient (Wildman–Crippen LogP) is 11.2. The molecule has 0 saturated heterocycles. The normalized spacial score (nSPS) is 14.2. The lowest BCUT2D eigenvalue weighted by Crippen LogP contribution is -2.53. The average Bonchev–Trinajstić information content (AvgIpc) is 3.11. The van der Waals surface area contributed by atoms with Crippen LogP contribution < -0.4 is 5.32 Å². The van der Waals surface area contributed by atoms with E-state index in [0.717, 1.165) is 38.5 Å². The minimum atomic E-state index is -1.25. The Hall–Kier alpha value is -0.690. The Kier molecular flexibility index (Phi) is 38.0. The Balaban J connectivity index is 3.66. The number of amides is 1. The standard InChI is InChI=1S/C43H87NO5/c1-3-5-7-9-11-13-15-17-18-19-20-21-22-23-24-25-27-29-31-33-35-37-41(47)43(49)44-39(38-45)42(48)40(46)36-34-32-30-28-26-16-14-12-10-8-6-4-2/h39-42,45-48H,3-38H2,1-2H3,(H,44,49)/t39-,40?,41?,42+/m1/s1. The Morgan fingerprint density at radius 1 is 0.429 bits per heavy atom. The zero-order valence-electron chi connectivity index (χ0n) is 33.0. The van der Waals surface area contributed by atoms with Crippen LogP contribution in [-0.4, -0.2) is 57.3 Å². The molecule has 0 aliphatic heterocycles. The number of carbonyl (C=O) groups excluding carboxylic acids is 1. The Morgan fingerprint density at radius 3 is 0.980 bits per heavy atom. The first kappa shape index (κ1) is 48.3. The lowest BCUT2D eigenvalue weighted by atomic mass is 9.99. The van der Waals surface area contributed by atoms with E-state index in [0.29, 0.717) is 12.8 Å². The summed E-state index contributed by atoms with van der Waals surface area (Å²) < 4.78 is 0. The summed E-state index contributed by atoms with van der Waals surface area (Å²) in [4.78, 5) is 12.5. The van der Waals surface area contributed by atoms with Crippen LogP contribution in [0, 0.1) is 0 Å². The molecule has 5 N–H and O–H groups in total. The first-order valence-corrected chi connectivity index (χ1v) is 21.9. The number of rotatable bonds is 40. The molecule has 6 heteroatoms. The molecular formula is C43H87NO5. The fourth-order valence-electron chi connectivity index (χ4n) is 7.05. The van der Waals surface area contributed by atoms with E-state index in [-0.39, 0.29) is 0 Å². The number of carbonyl (C=O) groups is 1. The highest BCUT2D eigenvalue weighted by Gasteiger charge is 2.28. The van der Waals surface area contributed by atoms with Gasteiger partial charge in [-0.15, -0.1) is 0 Å². The molecule has 0 radical (unpaired) electrons. The molecule has 0 aliphatic rings. The second-order valence-electron chi connectivity index (χ2n) is 15.4. The molecule has 0 bridgehead atoms. The Morgan fingerprint density at radius 2 is 0.694 bits per heavy atom. The fourth-order valence-corrected chi connectivity index (χ4v) is 7.05. The molecule has 0 rings (SSSR count). The van der Waals surface area contributed by atoms with Gasteiger partial charge in [-0.2, -0.15) is 0 Å². The van der Waals surface area contributed by atoms with Crippen LogP contribution in [0.5, 0.6) is 0 Å². The first-order chi connectivity index (χ1) is 24.0. The minimum Gasteiger partial charge on any atom is -0.394 e. The van der Waals surface area contributed by atoms with E-state index in [1.807, 2.05) is 0 Å². The van der Waals surface area contributed by atoms with Gasteiger partial charge in [-0.05, 0) is 12.8 Å². The maximum absolute atomic E-state index is 12.5. The largest absolute Gasteiger partial charge is 0.394 e. The van der Waals surface area contributed by atoms with Gasteiger partial charge >= 0.3 is 0 Å². The van der Waals surface area contributed by atoms with Crippen molar-refractivity contribution < 1.29 is 25.2 Å². The van der Waals surface area contributed by atoms with Crippen LogP contribution in [0.4, 0.5) is 0 Å². The molecule has 0 spiro atoms. The zero-order chi connectivity index (χ0) is 36.0. The molecule has 1 amide bonds. The van der Waals surface area contributed by atoms with Crippen LogP contribution in [0.1, 0.15) is 239 Å². The van der Waals surface area contributed by atoms with E-state index in [4.69, 9.17) is 0 Å². The van der Waals surface area contributed by atoms with Crippen molar-refractivity contribution in [2.45, 2.75) is 263 Å². The van der Waals surface area contributed by atoms with Crippen molar-refractivity contribution in [3.63, 3.8) is 0 Å². The van der Waals surface area contributed by atoms with Gasteiger partial charge in [0.25, 0.3) is 0 Å². The molecular weight excluding hydrogens is 610 g/mol. The van der Waals surface area contributed by atoms with Crippen LogP contribution in [0.25, 0.3) is 0 Å². The molecule has 0 heterocycles. The highest BCUT2D eigenvalue weighted by Crippen LogP contribution is 2.17. The van der Waals surface area contributed by atoms with Gasteiger partial charge in [0.1, 0.15) is 12.2 Å². The monoisotopic (exact) mass is 698 g/mol. The summed E-state index contributed by atoms with van der Waals surface area (Å²) in [7, 11) is 0. The second kappa shape index (κ2) is 38.5. The molecule has 294 valence electrons. The molecule has 0 aromatic heterocycles. The van der Waals surface area contributed by atoms with E-state index in [1.54, 1.807) is 0 Å². The number of hydrogen-bond donors (Lipinski definition) is 5. The molecule has 49 heavy (non-hydrogen) atoms. The van der Waals surface area contributed by atoms with Crippen molar-refractivity contribution in [2.24, 2.45) is 0 Å². The first-order valence-electron chi connectivity index (χ1n) is 21.9. The lowest BCUT2D eigenvalue weighted by molar-refractivity contribution is -0.132. The Bertz CT molecular complexity index is 662. The van der Waals surface area contributed by atoms with Crippen LogP contribution >= 0.6 is 0 Å². The summed E-state index contributed by atoms with van der Waals surface area (Å²) in [6.07, 6.45) is 39.9. The van der Waals surface area contributed by atoms with Gasteiger partial charge in [0, 0.05) is 0 Å². The number of aliphatic hydroxyl groups excluding tert-OH is 4. The zero-order valence-corrected chi connectivity index (χ0v) is 33.0. The van der Waals surface area contributed by atoms with Crippen LogP contribution in [0.3, 0.4) is 0 Å². The van der Waals surface area contributed by atoms with Crippen molar-refractivity contribution in [3.8, 4) is 0 Å². The topological polar surface area (TPSA) is 110 Å². The molecule has 0 aromatic carbocycles. The second-order valence-corrected chi connectivity index (χ2v) is 15.4. The van der Waals surface area contributed by atoms with Crippen molar-refractivity contribution in [3.05, 3.63) is 0 Å².